The fourth-order valence-electron chi connectivity index (χ4n) is 2.98. The lowest BCUT2D eigenvalue weighted by molar-refractivity contribution is 0.102. The molecule has 24 heavy (non-hydrogen) atoms. The van der Waals surface area contributed by atoms with Gasteiger partial charge >= 0.3 is 0 Å². The van der Waals surface area contributed by atoms with E-state index in [1.807, 2.05) is 12.1 Å². The minimum absolute atomic E-state index is 0.184. The molecule has 0 spiro atoms. The van der Waals surface area contributed by atoms with Crippen molar-refractivity contribution in [2.75, 3.05) is 18.4 Å². The molecule has 3 N–H and O–H groups in total. The maximum absolute atomic E-state index is 12.2. The molecule has 1 amide bonds. The van der Waals surface area contributed by atoms with Crippen molar-refractivity contribution in [2.45, 2.75) is 32.9 Å². The molecule has 3 rings (SSSR count). The molecule has 2 heterocycles. The zero-order chi connectivity index (χ0) is 16.9. The third-order valence-corrected chi connectivity index (χ3v) is 4.61. The van der Waals surface area contributed by atoms with Crippen LogP contribution in [0.2, 0.25) is 0 Å². The molecule has 1 aromatic carbocycles. The van der Waals surface area contributed by atoms with E-state index in [4.69, 9.17) is 10.2 Å². The number of benzene rings is 1. The normalized spacial score (nSPS) is 16.2. The molecule has 1 fully saturated rings. The third-order valence-electron chi connectivity index (χ3n) is 4.61. The monoisotopic (exact) mass is 327 g/mol. The molecule has 0 bridgehead atoms. The molecule has 1 saturated heterocycles. The van der Waals surface area contributed by atoms with Crippen LogP contribution in [0, 0.1) is 5.92 Å². The number of furan rings is 1. The smallest absolute Gasteiger partial charge is 0.258 e. The fourth-order valence-corrected chi connectivity index (χ4v) is 2.98. The Kier molecular flexibility index (Phi) is 5.33. The molecule has 5 heteroatoms. The van der Waals surface area contributed by atoms with Crippen molar-refractivity contribution in [1.29, 1.82) is 0 Å². The number of amides is 1. The van der Waals surface area contributed by atoms with Gasteiger partial charge in [-0.2, -0.15) is 0 Å². The van der Waals surface area contributed by atoms with E-state index < -0.39 is 0 Å². The lowest BCUT2D eigenvalue weighted by Gasteiger charge is -2.30. The Morgan fingerprint density at radius 2 is 2.00 bits per heavy atom. The van der Waals surface area contributed by atoms with Gasteiger partial charge < -0.3 is 15.5 Å². The van der Waals surface area contributed by atoms with E-state index in [0.29, 0.717) is 11.3 Å². The fraction of sp³-hybridized carbons (Fsp3) is 0.421. The first kappa shape index (κ1) is 16.7. The lowest BCUT2D eigenvalue weighted by Crippen LogP contribution is -2.32. The SMILES string of the molecule is CC1CCN(Cc2ccc(NC(=O)c3coc(CN)c3)cc2)CC1. The predicted molar refractivity (Wildman–Crippen MR) is 94.7 cm³/mol. The van der Waals surface area contributed by atoms with Crippen molar-refractivity contribution in [2.24, 2.45) is 11.7 Å². The van der Waals surface area contributed by atoms with Crippen LogP contribution < -0.4 is 11.1 Å². The summed E-state index contributed by atoms with van der Waals surface area (Å²) in [4.78, 5) is 14.6. The van der Waals surface area contributed by atoms with Crippen molar-refractivity contribution >= 4 is 11.6 Å². The first-order valence-corrected chi connectivity index (χ1v) is 8.54. The number of anilines is 1. The van der Waals surface area contributed by atoms with Crippen LogP contribution in [-0.4, -0.2) is 23.9 Å². The second kappa shape index (κ2) is 7.64. The number of nitrogens with one attached hydrogen (secondary N) is 1. The number of rotatable bonds is 5. The summed E-state index contributed by atoms with van der Waals surface area (Å²) in [5.41, 5.74) is 8.03. The third kappa shape index (κ3) is 4.24. The number of likely N-dealkylation sites (tertiary alicyclic amines) is 1. The van der Waals surface area contributed by atoms with Gasteiger partial charge in [-0.25, -0.2) is 0 Å². The number of carbonyl (C=O) groups excluding carboxylic acids is 1. The summed E-state index contributed by atoms with van der Waals surface area (Å²) >= 11 is 0. The topological polar surface area (TPSA) is 71.5 Å². The Bertz CT molecular complexity index is 670. The van der Waals surface area contributed by atoms with Gasteiger partial charge in [0.05, 0.1) is 12.1 Å². The number of nitrogens with two attached hydrogens (primary N) is 1. The number of piperidine rings is 1. The van der Waals surface area contributed by atoms with E-state index in [1.165, 1.54) is 37.8 Å². The molecule has 1 aliphatic rings. The van der Waals surface area contributed by atoms with Gasteiger partial charge in [-0.3, -0.25) is 9.69 Å². The van der Waals surface area contributed by atoms with Crippen LogP contribution in [0.4, 0.5) is 5.69 Å². The first-order chi connectivity index (χ1) is 11.6. The second-order valence-corrected chi connectivity index (χ2v) is 6.62. The van der Waals surface area contributed by atoms with Crippen LogP contribution in [0.15, 0.2) is 41.0 Å². The first-order valence-electron chi connectivity index (χ1n) is 8.54. The summed E-state index contributed by atoms with van der Waals surface area (Å²) < 4.78 is 5.19. The van der Waals surface area contributed by atoms with Crippen LogP contribution in [0.3, 0.4) is 0 Å². The average Bonchev–Trinajstić information content (AvgIpc) is 3.08. The molecule has 0 saturated carbocycles. The summed E-state index contributed by atoms with van der Waals surface area (Å²) in [7, 11) is 0. The summed E-state index contributed by atoms with van der Waals surface area (Å²) in [5, 5.41) is 2.88. The van der Waals surface area contributed by atoms with E-state index in [2.05, 4.69) is 29.3 Å². The van der Waals surface area contributed by atoms with E-state index in [1.54, 1.807) is 6.07 Å². The number of hydrogen-bond acceptors (Lipinski definition) is 4. The van der Waals surface area contributed by atoms with Gasteiger partial charge in [0, 0.05) is 12.2 Å². The van der Waals surface area contributed by atoms with Crippen molar-refractivity contribution in [3.63, 3.8) is 0 Å². The van der Waals surface area contributed by atoms with E-state index in [0.717, 1.165) is 18.2 Å². The molecule has 5 nitrogen and oxygen atoms in total. The van der Waals surface area contributed by atoms with Gasteiger partial charge in [0.1, 0.15) is 12.0 Å². The van der Waals surface area contributed by atoms with Crippen LogP contribution in [0.5, 0.6) is 0 Å². The molecular weight excluding hydrogens is 302 g/mol. The molecular formula is C19H25N3O2. The van der Waals surface area contributed by atoms with Gasteiger partial charge in [0.2, 0.25) is 0 Å². The minimum atomic E-state index is -0.184. The molecule has 0 radical (unpaired) electrons. The lowest BCUT2D eigenvalue weighted by atomic mass is 9.99. The summed E-state index contributed by atoms with van der Waals surface area (Å²) in [6.45, 7) is 5.93. The van der Waals surface area contributed by atoms with Gasteiger partial charge in [-0.1, -0.05) is 19.1 Å². The molecule has 2 aromatic rings. The Hall–Kier alpha value is -2.11. The van der Waals surface area contributed by atoms with Crippen LogP contribution in [-0.2, 0) is 13.1 Å². The Morgan fingerprint density at radius 1 is 1.29 bits per heavy atom. The standard InChI is InChI=1S/C19H25N3O2/c1-14-6-8-22(9-7-14)12-15-2-4-17(5-3-15)21-19(23)16-10-18(11-20)24-13-16/h2-5,10,13-14H,6-9,11-12,20H2,1H3,(H,21,23). The molecule has 1 aliphatic heterocycles. The van der Waals surface area contributed by atoms with Gasteiger partial charge in [-0.05, 0) is 55.6 Å². The van der Waals surface area contributed by atoms with Crippen molar-refractivity contribution < 1.29 is 9.21 Å². The van der Waals surface area contributed by atoms with Crippen molar-refractivity contribution in [3.05, 3.63) is 53.5 Å². The summed E-state index contributed by atoms with van der Waals surface area (Å²) in [5.74, 6) is 1.27. The van der Waals surface area contributed by atoms with Gasteiger partial charge in [0.15, 0.2) is 0 Å². The second-order valence-electron chi connectivity index (χ2n) is 6.62. The van der Waals surface area contributed by atoms with Crippen molar-refractivity contribution in [1.82, 2.24) is 4.90 Å². The Balaban J connectivity index is 1.55. The molecule has 0 aliphatic carbocycles. The van der Waals surface area contributed by atoms with E-state index in [-0.39, 0.29) is 12.5 Å². The van der Waals surface area contributed by atoms with Gasteiger partial charge in [-0.15, -0.1) is 0 Å². The largest absolute Gasteiger partial charge is 0.467 e. The summed E-state index contributed by atoms with van der Waals surface area (Å²) in [6.07, 6.45) is 4.00. The Morgan fingerprint density at radius 3 is 2.62 bits per heavy atom. The Labute approximate surface area is 142 Å². The molecule has 0 unspecified atom stereocenters. The molecule has 1 aromatic heterocycles. The average molecular weight is 327 g/mol. The van der Waals surface area contributed by atoms with E-state index >= 15 is 0 Å². The number of hydrogen-bond donors (Lipinski definition) is 2. The predicted octanol–water partition coefficient (Wildman–Crippen LogP) is 3.22. The summed E-state index contributed by atoms with van der Waals surface area (Å²) in [6, 6.07) is 9.72. The van der Waals surface area contributed by atoms with Crippen LogP contribution >= 0.6 is 0 Å². The quantitative estimate of drug-likeness (QED) is 0.884. The van der Waals surface area contributed by atoms with Gasteiger partial charge in [0.25, 0.3) is 5.91 Å². The highest BCUT2D eigenvalue weighted by Crippen LogP contribution is 2.19. The minimum Gasteiger partial charge on any atom is -0.467 e. The van der Waals surface area contributed by atoms with E-state index in [9.17, 15) is 4.79 Å². The zero-order valence-electron chi connectivity index (χ0n) is 14.1. The highest BCUT2D eigenvalue weighted by molar-refractivity contribution is 6.04. The van der Waals surface area contributed by atoms with Crippen LogP contribution in [0.25, 0.3) is 0 Å². The highest BCUT2D eigenvalue weighted by atomic mass is 16.3. The molecule has 128 valence electrons. The number of carbonyl (C=O) groups is 1. The number of nitrogens with zero attached hydrogens (tertiary/aromatic N) is 1. The maximum Gasteiger partial charge on any atom is 0.258 e. The molecule has 0 atom stereocenters. The van der Waals surface area contributed by atoms with Crippen molar-refractivity contribution in [3.8, 4) is 0 Å². The van der Waals surface area contributed by atoms with Crippen LogP contribution in [0.1, 0.15) is 41.4 Å². The zero-order valence-corrected chi connectivity index (χ0v) is 14.1. The highest BCUT2D eigenvalue weighted by Gasteiger charge is 2.15. The maximum atomic E-state index is 12.2.